The number of hydrogen-bond donors (Lipinski definition) is 2. The molecule has 0 bridgehead atoms. The highest BCUT2D eigenvalue weighted by atomic mass is 79.9. The third-order valence-electron chi connectivity index (χ3n) is 3.46. The summed E-state index contributed by atoms with van der Waals surface area (Å²) in [6.45, 7) is 3.23. The third-order valence-corrected chi connectivity index (χ3v) is 4.20. The first-order chi connectivity index (χ1) is 12.1. The number of thiocarbonyl (C=S) groups is 1. The molecule has 6 heteroatoms. The van der Waals surface area contributed by atoms with Crippen molar-refractivity contribution in [2.45, 2.75) is 26.3 Å². The van der Waals surface area contributed by atoms with E-state index in [1.54, 1.807) is 12.1 Å². The SMILES string of the molecule is CCCCOc1ccc(Br)cc1C(=O)NC(=S)NCc1ccccc1. The monoisotopic (exact) mass is 420 g/mol. The second-order valence-electron chi connectivity index (χ2n) is 5.46. The molecule has 0 spiro atoms. The number of amides is 1. The van der Waals surface area contributed by atoms with Crippen molar-refractivity contribution in [3.8, 4) is 5.75 Å². The van der Waals surface area contributed by atoms with Crippen molar-refractivity contribution in [3.05, 3.63) is 64.1 Å². The fourth-order valence-corrected chi connectivity index (χ4v) is 2.65. The van der Waals surface area contributed by atoms with Crippen LogP contribution in [0.3, 0.4) is 0 Å². The van der Waals surface area contributed by atoms with E-state index < -0.39 is 0 Å². The Morgan fingerprint density at radius 3 is 2.68 bits per heavy atom. The minimum atomic E-state index is -0.293. The van der Waals surface area contributed by atoms with Crippen molar-refractivity contribution < 1.29 is 9.53 Å². The summed E-state index contributed by atoms with van der Waals surface area (Å²) in [6.07, 6.45) is 1.97. The van der Waals surface area contributed by atoms with Gasteiger partial charge in [-0.15, -0.1) is 0 Å². The molecule has 1 amide bonds. The lowest BCUT2D eigenvalue weighted by Crippen LogP contribution is -2.39. The summed E-state index contributed by atoms with van der Waals surface area (Å²) in [4.78, 5) is 12.5. The van der Waals surface area contributed by atoms with Crippen LogP contribution in [-0.4, -0.2) is 17.6 Å². The standard InChI is InChI=1S/C19H21BrN2O2S/c1-2-3-11-24-17-10-9-15(20)12-16(17)18(23)22-19(25)21-13-14-7-5-4-6-8-14/h4-10,12H,2-3,11,13H2,1H3,(H2,21,22,23,25). The predicted molar refractivity (Wildman–Crippen MR) is 108 cm³/mol. The van der Waals surface area contributed by atoms with Gasteiger partial charge in [0, 0.05) is 11.0 Å². The maximum Gasteiger partial charge on any atom is 0.261 e. The zero-order chi connectivity index (χ0) is 18.1. The minimum Gasteiger partial charge on any atom is -0.493 e. The molecule has 0 saturated heterocycles. The van der Waals surface area contributed by atoms with E-state index >= 15 is 0 Å². The van der Waals surface area contributed by atoms with E-state index in [1.807, 2.05) is 36.4 Å². The van der Waals surface area contributed by atoms with Gasteiger partial charge >= 0.3 is 0 Å². The number of unbranched alkanes of at least 4 members (excludes halogenated alkanes) is 1. The summed E-state index contributed by atoms with van der Waals surface area (Å²) in [5.74, 6) is 0.262. The van der Waals surface area contributed by atoms with Crippen LogP contribution in [-0.2, 0) is 6.54 Å². The van der Waals surface area contributed by atoms with Crippen molar-refractivity contribution in [2.75, 3.05) is 6.61 Å². The minimum absolute atomic E-state index is 0.285. The van der Waals surface area contributed by atoms with Crippen LogP contribution in [0, 0.1) is 0 Å². The highest BCUT2D eigenvalue weighted by Crippen LogP contribution is 2.23. The lowest BCUT2D eigenvalue weighted by Gasteiger charge is -2.13. The van der Waals surface area contributed by atoms with E-state index in [9.17, 15) is 4.79 Å². The van der Waals surface area contributed by atoms with Crippen LogP contribution >= 0.6 is 28.1 Å². The van der Waals surface area contributed by atoms with Gasteiger partial charge in [-0.3, -0.25) is 10.1 Å². The zero-order valence-electron chi connectivity index (χ0n) is 14.0. The molecule has 2 aromatic rings. The largest absolute Gasteiger partial charge is 0.493 e. The van der Waals surface area contributed by atoms with Crippen LogP contribution < -0.4 is 15.4 Å². The van der Waals surface area contributed by atoms with Crippen LogP contribution in [0.25, 0.3) is 0 Å². The summed E-state index contributed by atoms with van der Waals surface area (Å²) in [6, 6.07) is 15.2. The third kappa shape index (κ3) is 6.48. The highest BCUT2D eigenvalue weighted by Gasteiger charge is 2.14. The summed E-state index contributed by atoms with van der Waals surface area (Å²) in [5.41, 5.74) is 1.54. The number of ether oxygens (including phenoxy) is 1. The molecule has 0 aliphatic heterocycles. The molecule has 25 heavy (non-hydrogen) atoms. The Balaban J connectivity index is 1.96. The maximum atomic E-state index is 12.5. The number of hydrogen-bond acceptors (Lipinski definition) is 3. The molecule has 0 radical (unpaired) electrons. The number of rotatable bonds is 7. The lowest BCUT2D eigenvalue weighted by molar-refractivity contribution is 0.0972. The van der Waals surface area contributed by atoms with E-state index in [1.165, 1.54) is 0 Å². The molecule has 2 rings (SSSR count). The van der Waals surface area contributed by atoms with Gasteiger partial charge in [0.1, 0.15) is 5.75 Å². The van der Waals surface area contributed by atoms with E-state index in [4.69, 9.17) is 17.0 Å². The Morgan fingerprint density at radius 2 is 1.96 bits per heavy atom. The number of carbonyl (C=O) groups is 1. The second-order valence-corrected chi connectivity index (χ2v) is 6.79. The smallest absolute Gasteiger partial charge is 0.261 e. The fraction of sp³-hybridized carbons (Fsp3) is 0.263. The number of carbonyl (C=O) groups excluding carboxylic acids is 1. The van der Waals surface area contributed by atoms with E-state index in [0.29, 0.717) is 24.5 Å². The van der Waals surface area contributed by atoms with Crippen LogP contribution in [0.1, 0.15) is 35.7 Å². The molecule has 0 aliphatic carbocycles. The topological polar surface area (TPSA) is 50.4 Å². The molecule has 4 nitrogen and oxygen atoms in total. The van der Waals surface area contributed by atoms with Crippen molar-refractivity contribution >= 4 is 39.2 Å². The van der Waals surface area contributed by atoms with Gasteiger partial charge in [-0.2, -0.15) is 0 Å². The predicted octanol–water partition coefficient (Wildman–Crippen LogP) is 4.43. The summed E-state index contributed by atoms with van der Waals surface area (Å²) in [7, 11) is 0. The molecule has 2 N–H and O–H groups in total. The molecule has 0 unspecified atom stereocenters. The molecular weight excluding hydrogens is 400 g/mol. The van der Waals surface area contributed by atoms with Crippen LogP contribution in [0.4, 0.5) is 0 Å². The van der Waals surface area contributed by atoms with Gasteiger partial charge < -0.3 is 10.1 Å². The first kappa shape index (κ1) is 19.4. The lowest BCUT2D eigenvalue weighted by atomic mass is 10.2. The molecule has 0 saturated carbocycles. The van der Waals surface area contributed by atoms with Gasteiger partial charge in [0.2, 0.25) is 0 Å². The Labute approximate surface area is 162 Å². The van der Waals surface area contributed by atoms with Crippen molar-refractivity contribution in [1.82, 2.24) is 10.6 Å². The van der Waals surface area contributed by atoms with Crippen LogP contribution in [0.2, 0.25) is 0 Å². The number of halogens is 1. The molecule has 2 aromatic carbocycles. The summed E-state index contributed by atoms with van der Waals surface area (Å²) < 4.78 is 6.53. The average molecular weight is 421 g/mol. The molecular formula is C19H21BrN2O2S. The molecule has 0 aliphatic rings. The van der Waals surface area contributed by atoms with Crippen molar-refractivity contribution in [2.24, 2.45) is 0 Å². The van der Waals surface area contributed by atoms with Gasteiger partial charge in [0.05, 0.1) is 12.2 Å². The molecule has 0 heterocycles. The maximum absolute atomic E-state index is 12.5. The Hall–Kier alpha value is -1.92. The highest BCUT2D eigenvalue weighted by molar-refractivity contribution is 9.10. The second kappa shape index (κ2) is 10.2. The number of nitrogens with one attached hydrogen (secondary N) is 2. The van der Waals surface area contributed by atoms with Gasteiger partial charge in [-0.05, 0) is 42.4 Å². The first-order valence-electron chi connectivity index (χ1n) is 8.15. The summed E-state index contributed by atoms with van der Waals surface area (Å²) >= 11 is 8.61. The van der Waals surface area contributed by atoms with Gasteiger partial charge in [0.25, 0.3) is 5.91 Å². The quantitative estimate of drug-likeness (QED) is 0.513. The van der Waals surface area contributed by atoms with Gasteiger partial charge in [0.15, 0.2) is 5.11 Å². The molecule has 0 atom stereocenters. The zero-order valence-corrected chi connectivity index (χ0v) is 16.5. The van der Waals surface area contributed by atoms with Crippen molar-refractivity contribution in [1.29, 1.82) is 0 Å². The Bertz CT molecular complexity index is 723. The first-order valence-corrected chi connectivity index (χ1v) is 9.35. The van der Waals surface area contributed by atoms with E-state index in [-0.39, 0.29) is 11.0 Å². The average Bonchev–Trinajstić information content (AvgIpc) is 2.62. The normalized spacial score (nSPS) is 10.2. The molecule has 132 valence electrons. The fourth-order valence-electron chi connectivity index (χ4n) is 2.12. The van der Waals surface area contributed by atoms with E-state index in [2.05, 4.69) is 33.5 Å². The van der Waals surface area contributed by atoms with Gasteiger partial charge in [-0.1, -0.05) is 59.6 Å². The molecule has 0 aromatic heterocycles. The van der Waals surface area contributed by atoms with Crippen LogP contribution in [0.15, 0.2) is 53.0 Å². The summed E-state index contributed by atoms with van der Waals surface area (Å²) in [5, 5.41) is 6.02. The Morgan fingerprint density at radius 1 is 1.20 bits per heavy atom. The van der Waals surface area contributed by atoms with E-state index in [0.717, 1.165) is 22.9 Å². The van der Waals surface area contributed by atoms with Crippen molar-refractivity contribution in [3.63, 3.8) is 0 Å². The Kier molecular flexibility index (Phi) is 7.88. The number of benzene rings is 2. The van der Waals surface area contributed by atoms with Crippen LogP contribution in [0.5, 0.6) is 5.75 Å². The van der Waals surface area contributed by atoms with Gasteiger partial charge in [-0.25, -0.2) is 0 Å². The molecule has 0 fully saturated rings.